The average molecular weight is 279 g/mol. The number of hydrogen-bond donors (Lipinski definition) is 1. The van der Waals surface area contributed by atoms with E-state index in [1.807, 2.05) is 0 Å². The number of nitrogens with one attached hydrogen (secondary N) is 1. The van der Waals surface area contributed by atoms with Gasteiger partial charge in [0, 0.05) is 18.8 Å². The van der Waals surface area contributed by atoms with Crippen LogP contribution in [0.3, 0.4) is 0 Å². The molecule has 0 saturated heterocycles. The molecule has 4 rings (SSSR count). The first-order valence-corrected chi connectivity index (χ1v) is 7.72. The van der Waals surface area contributed by atoms with Crippen LogP contribution in [0.1, 0.15) is 11.1 Å². The Labute approximate surface area is 126 Å². The highest BCUT2D eigenvalue weighted by molar-refractivity contribution is 5.82. The molecule has 2 heterocycles. The highest BCUT2D eigenvalue weighted by Gasteiger charge is 2.23. The minimum Gasteiger partial charge on any atom is -0.366 e. The van der Waals surface area contributed by atoms with E-state index >= 15 is 0 Å². The number of fused-ring (bicyclic) bond motifs is 2. The molecule has 3 nitrogen and oxygen atoms in total. The van der Waals surface area contributed by atoms with Crippen LogP contribution in [0, 0.1) is 0 Å². The third-order valence-corrected chi connectivity index (χ3v) is 4.63. The maximum absolute atomic E-state index is 3.54. The molecule has 1 N–H and O–H groups in total. The lowest BCUT2D eigenvalue weighted by molar-refractivity contribution is 0.352. The van der Waals surface area contributed by atoms with Crippen molar-refractivity contribution < 1.29 is 0 Å². The summed E-state index contributed by atoms with van der Waals surface area (Å²) in [7, 11) is 2.22. The van der Waals surface area contributed by atoms with Gasteiger partial charge in [0.2, 0.25) is 0 Å². The molecular formula is C18H21N3. The van der Waals surface area contributed by atoms with E-state index in [0.29, 0.717) is 0 Å². The summed E-state index contributed by atoms with van der Waals surface area (Å²) in [6, 6.07) is 15.4. The molecule has 3 heteroatoms. The van der Waals surface area contributed by atoms with E-state index in [1.165, 1.54) is 28.2 Å². The lowest BCUT2D eigenvalue weighted by Crippen LogP contribution is -2.20. The molecule has 2 aliphatic heterocycles. The Bertz CT molecular complexity index is 651. The quantitative estimate of drug-likeness (QED) is 0.864. The van der Waals surface area contributed by atoms with E-state index in [2.05, 4.69) is 64.6 Å². The average Bonchev–Trinajstić information content (AvgIpc) is 2.84. The van der Waals surface area contributed by atoms with Crippen molar-refractivity contribution in [1.29, 1.82) is 0 Å². The normalized spacial score (nSPS) is 17.9. The van der Waals surface area contributed by atoms with Gasteiger partial charge in [0.05, 0.1) is 18.0 Å². The third-order valence-electron chi connectivity index (χ3n) is 4.63. The van der Waals surface area contributed by atoms with Crippen LogP contribution < -0.4 is 10.2 Å². The molecule has 108 valence electrons. The summed E-state index contributed by atoms with van der Waals surface area (Å²) in [6.07, 6.45) is 2.31. The van der Waals surface area contributed by atoms with Crippen molar-refractivity contribution in [3.63, 3.8) is 0 Å². The molecule has 0 spiro atoms. The topological polar surface area (TPSA) is 18.5 Å². The van der Waals surface area contributed by atoms with Crippen molar-refractivity contribution in [2.45, 2.75) is 12.8 Å². The Morgan fingerprint density at radius 3 is 2.43 bits per heavy atom. The van der Waals surface area contributed by atoms with Crippen LogP contribution in [0.5, 0.6) is 0 Å². The van der Waals surface area contributed by atoms with Gasteiger partial charge in [-0.05, 0) is 55.3 Å². The summed E-state index contributed by atoms with van der Waals surface area (Å²) in [6.45, 7) is 3.18. The first kappa shape index (κ1) is 12.7. The lowest BCUT2D eigenvalue weighted by Gasteiger charge is -2.19. The van der Waals surface area contributed by atoms with Crippen LogP contribution >= 0.6 is 0 Å². The lowest BCUT2D eigenvalue weighted by atomic mass is 10.0. The predicted molar refractivity (Wildman–Crippen MR) is 88.4 cm³/mol. The van der Waals surface area contributed by atoms with Gasteiger partial charge in [0.25, 0.3) is 0 Å². The van der Waals surface area contributed by atoms with Gasteiger partial charge in [-0.1, -0.05) is 18.2 Å². The summed E-state index contributed by atoms with van der Waals surface area (Å²) in [5.41, 5.74) is 6.89. The summed E-state index contributed by atoms with van der Waals surface area (Å²) in [5.74, 6) is 0. The Hall–Kier alpha value is -2.00. The Balaban J connectivity index is 1.73. The summed E-state index contributed by atoms with van der Waals surface area (Å²) >= 11 is 0. The monoisotopic (exact) mass is 279 g/mol. The van der Waals surface area contributed by atoms with Crippen LogP contribution in [0.4, 0.5) is 17.1 Å². The van der Waals surface area contributed by atoms with Crippen molar-refractivity contribution in [3.05, 3.63) is 53.6 Å². The number of likely N-dealkylation sites (N-methyl/N-ethyl adjacent to an activating group) is 1. The summed E-state index contributed by atoms with van der Waals surface area (Å²) in [5, 5.41) is 3.54. The molecular weight excluding hydrogens is 258 g/mol. The van der Waals surface area contributed by atoms with Crippen LogP contribution in [0.25, 0.3) is 0 Å². The highest BCUT2D eigenvalue weighted by atomic mass is 15.3. The number of nitrogens with zero attached hydrogens (tertiary/aromatic N) is 2. The van der Waals surface area contributed by atoms with Crippen molar-refractivity contribution in [1.82, 2.24) is 4.90 Å². The van der Waals surface area contributed by atoms with Gasteiger partial charge < -0.3 is 15.1 Å². The molecule has 0 aliphatic carbocycles. The maximum atomic E-state index is 3.54. The van der Waals surface area contributed by atoms with Gasteiger partial charge in [-0.15, -0.1) is 0 Å². The first-order valence-electron chi connectivity index (χ1n) is 7.72. The van der Waals surface area contributed by atoms with Crippen molar-refractivity contribution in [2.24, 2.45) is 0 Å². The molecule has 0 atom stereocenters. The summed E-state index contributed by atoms with van der Waals surface area (Å²) in [4.78, 5) is 4.79. The van der Waals surface area contributed by atoms with E-state index in [0.717, 1.165) is 32.6 Å². The second kappa shape index (κ2) is 5.08. The number of anilines is 3. The van der Waals surface area contributed by atoms with Gasteiger partial charge in [0.15, 0.2) is 0 Å². The van der Waals surface area contributed by atoms with Crippen LogP contribution in [-0.4, -0.2) is 31.7 Å². The number of para-hydroxylation sites is 1. The fourth-order valence-electron chi connectivity index (χ4n) is 3.33. The Morgan fingerprint density at radius 1 is 0.952 bits per heavy atom. The molecule has 0 amide bonds. The Morgan fingerprint density at radius 2 is 1.67 bits per heavy atom. The second-order valence-corrected chi connectivity index (χ2v) is 6.04. The molecule has 2 aromatic rings. The van der Waals surface area contributed by atoms with E-state index < -0.39 is 0 Å². The fraction of sp³-hybridized carbons (Fsp3) is 0.333. The zero-order valence-electron chi connectivity index (χ0n) is 12.5. The fourth-order valence-corrected chi connectivity index (χ4v) is 3.33. The molecule has 2 aliphatic rings. The van der Waals surface area contributed by atoms with Crippen LogP contribution in [-0.2, 0) is 12.8 Å². The van der Waals surface area contributed by atoms with E-state index in [-0.39, 0.29) is 0 Å². The van der Waals surface area contributed by atoms with E-state index in [9.17, 15) is 0 Å². The molecule has 0 bridgehead atoms. The SMILES string of the molecule is CN1CCc2cc3c(cc2CC1)N(c1ccccc1)CN3. The summed E-state index contributed by atoms with van der Waals surface area (Å²) < 4.78 is 0. The number of benzene rings is 2. The molecule has 0 aromatic heterocycles. The molecule has 2 aromatic carbocycles. The number of rotatable bonds is 1. The third kappa shape index (κ3) is 2.28. The van der Waals surface area contributed by atoms with E-state index in [4.69, 9.17) is 0 Å². The largest absolute Gasteiger partial charge is 0.366 e. The van der Waals surface area contributed by atoms with Gasteiger partial charge in [-0.2, -0.15) is 0 Å². The predicted octanol–water partition coefficient (Wildman–Crippen LogP) is 3.24. The standard InChI is InChI=1S/C18H21N3/c1-20-9-7-14-11-17-18(12-15(14)8-10-20)21(13-19-17)16-5-3-2-4-6-16/h2-6,11-12,19H,7-10,13H2,1H3. The van der Waals surface area contributed by atoms with Crippen molar-refractivity contribution >= 4 is 17.1 Å². The van der Waals surface area contributed by atoms with Crippen LogP contribution in [0.2, 0.25) is 0 Å². The van der Waals surface area contributed by atoms with Crippen molar-refractivity contribution in [3.8, 4) is 0 Å². The van der Waals surface area contributed by atoms with Crippen LogP contribution in [0.15, 0.2) is 42.5 Å². The molecule has 0 fully saturated rings. The van der Waals surface area contributed by atoms with Gasteiger partial charge >= 0.3 is 0 Å². The minimum atomic E-state index is 0.863. The molecule has 0 unspecified atom stereocenters. The first-order chi connectivity index (χ1) is 10.3. The van der Waals surface area contributed by atoms with E-state index in [1.54, 1.807) is 0 Å². The maximum Gasteiger partial charge on any atom is 0.0926 e. The van der Waals surface area contributed by atoms with Gasteiger partial charge in [0.1, 0.15) is 0 Å². The van der Waals surface area contributed by atoms with Crippen molar-refractivity contribution in [2.75, 3.05) is 37.0 Å². The second-order valence-electron chi connectivity index (χ2n) is 6.04. The molecule has 21 heavy (non-hydrogen) atoms. The zero-order chi connectivity index (χ0) is 14.2. The Kier molecular flexibility index (Phi) is 3.08. The highest BCUT2D eigenvalue weighted by Crippen LogP contribution is 2.39. The molecule has 0 radical (unpaired) electrons. The van der Waals surface area contributed by atoms with Gasteiger partial charge in [-0.25, -0.2) is 0 Å². The van der Waals surface area contributed by atoms with Gasteiger partial charge in [-0.3, -0.25) is 0 Å². The molecule has 0 saturated carbocycles. The number of hydrogen-bond acceptors (Lipinski definition) is 3. The zero-order valence-corrected chi connectivity index (χ0v) is 12.5. The smallest absolute Gasteiger partial charge is 0.0926 e. The minimum absolute atomic E-state index is 0.863.